The summed E-state index contributed by atoms with van der Waals surface area (Å²) in [6.07, 6.45) is 3.80. The lowest BCUT2D eigenvalue weighted by molar-refractivity contribution is -0.134. The molecule has 0 aromatic heterocycles. The highest BCUT2D eigenvalue weighted by molar-refractivity contribution is 6.03. The van der Waals surface area contributed by atoms with Gasteiger partial charge < -0.3 is 9.47 Å². The van der Waals surface area contributed by atoms with Gasteiger partial charge in [-0.15, -0.1) is 0 Å². The number of hydrogen-bond acceptors (Lipinski definition) is 5. The van der Waals surface area contributed by atoms with Crippen LogP contribution in [-0.2, 0) is 4.79 Å². The smallest absolute Gasteiger partial charge is 0.257 e. The normalized spacial score (nSPS) is 19.3. The van der Waals surface area contributed by atoms with Crippen molar-refractivity contribution in [2.45, 2.75) is 31.7 Å². The van der Waals surface area contributed by atoms with E-state index in [1.807, 2.05) is 18.2 Å². The van der Waals surface area contributed by atoms with Crippen LogP contribution in [0, 0.1) is 5.82 Å². The van der Waals surface area contributed by atoms with Gasteiger partial charge >= 0.3 is 0 Å². The number of hydrogen-bond donors (Lipinski definition) is 0. The molecule has 2 aliphatic heterocycles. The number of methoxy groups -OCH3 is 2. The molecule has 2 aromatic rings. The quantitative estimate of drug-likeness (QED) is 0.702. The molecule has 31 heavy (non-hydrogen) atoms. The van der Waals surface area contributed by atoms with E-state index in [2.05, 4.69) is 10.0 Å². The lowest BCUT2D eigenvalue weighted by Crippen LogP contribution is -2.40. The number of rotatable bonds is 6. The summed E-state index contributed by atoms with van der Waals surface area (Å²) in [5, 5.41) is 6.12. The number of halogens is 1. The van der Waals surface area contributed by atoms with Gasteiger partial charge in [0, 0.05) is 17.5 Å². The Morgan fingerprint density at radius 3 is 2.58 bits per heavy atom. The highest BCUT2D eigenvalue weighted by atomic mass is 19.1. The Labute approximate surface area is 182 Å². The summed E-state index contributed by atoms with van der Waals surface area (Å²) in [7, 11) is 3.19. The SMILES string of the molecule is COc1ccc(OC)c([C@@H]2CC(c3ccccc3F)=NN2C(=O)CN2CCCCC2)c1. The molecule has 7 heteroatoms. The molecular weight excluding hydrogens is 397 g/mol. The average Bonchev–Trinajstić information content (AvgIpc) is 3.25. The van der Waals surface area contributed by atoms with Crippen molar-refractivity contribution >= 4 is 11.6 Å². The molecule has 2 aliphatic rings. The van der Waals surface area contributed by atoms with E-state index >= 15 is 0 Å². The Hall–Kier alpha value is -2.93. The fourth-order valence-electron chi connectivity index (χ4n) is 4.32. The number of carbonyl (C=O) groups excluding carboxylic acids is 1. The van der Waals surface area contributed by atoms with E-state index in [4.69, 9.17) is 9.47 Å². The second kappa shape index (κ2) is 9.47. The molecule has 4 rings (SSSR count). The second-order valence-corrected chi connectivity index (χ2v) is 7.93. The predicted molar refractivity (Wildman–Crippen MR) is 117 cm³/mol. The second-order valence-electron chi connectivity index (χ2n) is 7.93. The number of nitrogens with zero attached hydrogens (tertiary/aromatic N) is 3. The predicted octanol–water partition coefficient (Wildman–Crippen LogP) is 4.01. The zero-order valence-electron chi connectivity index (χ0n) is 18.0. The van der Waals surface area contributed by atoms with Crippen molar-refractivity contribution in [2.24, 2.45) is 5.10 Å². The van der Waals surface area contributed by atoms with Gasteiger partial charge in [0.15, 0.2) is 0 Å². The third-order valence-corrected chi connectivity index (χ3v) is 5.95. The van der Waals surface area contributed by atoms with Crippen LogP contribution >= 0.6 is 0 Å². The summed E-state index contributed by atoms with van der Waals surface area (Å²) in [6.45, 7) is 2.13. The number of likely N-dealkylation sites (tertiary alicyclic amines) is 1. The largest absolute Gasteiger partial charge is 0.497 e. The van der Waals surface area contributed by atoms with Crippen molar-refractivity contribution in [1.82, 2.24) is 9.91 Å². The monoisotopic (exact) mass is 425 g/mol. The van der Waals surface area contributed by atoms with Gasteiger partial charge in [-0.05, 0) is 50.2 Å². The Kier molecular flexibility index (Phi) is 6.51. The summed E-state index contributed by atoms with van der Waals surface area (Å²) < 4.78 is 25.5. The van der Waals surface area contributed by atoms with Gasteiger partial charge in [-0.3, -0.25) is 9.69 Å². The van der Waals surface area contributed by atoms with Gasteiger partial charge in [-0.25, -0.2) is 9.40 Å². The topological polar surface area (TPSA) is 54.4 Å². The first-order valence-corrected chi connectivity index (χ1v) is 10.7. The summed E-state index contributed by atoms with van der Waals surface area (Å²) in [6, 6.07) is 11.7. The molecular formula is C24H28FN3O3. The fraction of sp³-hybridized carbons (Fsp3) is 0.417. The van der Waals surface area contributed by atoms with Crippen LogP contribution in [0.15, 0.2) is 47.6 Å². The van der Waals surface area contributed by atoms with Crippen LogP contribution in [-0.4, -0.2) is 55.4 Å². The molecule has 1 fully saturated rings. The molecule has 0 spiro atoms. The van der Waals surface area contributed by atoms with Crippen molar-refractivity contribution in [3.63, 3.8) is 0 Å². The molecule has 0 radical (unpaired) electrons. The van der Waals surface area contributed by atoms with Gasteiger partial charge in [-0.2, -0.15) is 5.10 Å². The van der Waals surface area contributed by atoms with E-state index in [1.54, 1.807) is 32.4 Å². The fourth-order valence-corrected chi connectivity index (χ4v) is 4.32. The number of hydrazone groups is 1. The van der Waals surface area contributed by atoms with Gasteiger partial charge in [0.2, 0.25) is 0 Å². The first kappa shape index (κ1) is 21.3. The Morgan fingerprint density at radius 1 is 1.10 bits per heavy atom. The van der Waals surface area contributed by atoms with Gasteiger partial charge in [0.1, 0.15) is 17.3 Å². The minimum atomic E-state index is -0.392. The summed E-state index contributed by atoms with van der Waals surface area (Å²) in [5.74, 6) is 0.871. The van der Waals surface area contributed by atoms with Crippen LogP contribution in [0.25, 0.3) is 0 Å². The maximum Gasteiger partial charge on any atom is 0.257 e. The van der Waals surface area contributed by atoms with Crippen LogP contribution in [0.5, 0.6) is 11.5 Å². The lowest BCUT2D eigenvalue weighted by atomic mass is 9.97. The first-order chi connectivity index (χ1) is 15.1. The number of amides is 1. The average molecular weight is 426 g/mol. The van der Waals surface area contributed by atoms with Crippen molar-refractivity contribution in [3.8, 4) is 11.5 Å². The van der Waals surface area contributed by atoms with E-state index in [0.717, 1.165) is 31.5 Å². The van der Waals surface area contributed by atoms with E-state index < -0.39 is 6.04 Å². The number of benzene rings is 2. The van der Waals surface area contributed by atoms with Gasteiger partial charge in [0.25, 0.3) is 5.91 Å². The third kappa shape index (κ3) is 4.56. The van der Waals surface area contributed by atoms with Crippen LogP contribution in [0.3, 0.4) is 0 Å². The molecule has 0 unspecified atom stereocenters. The van der Waals surface area contributed by atoms with Crippen molar-refractivity contribution in [2.75, 3.05) is 33.9 Å². The molecule has 2 heterocycles. The van der Waals surface area contributed by atoms with Crippen molar-refractivity contribution in [3.05, 3.63) is 59.4 Å². The number of ether oxygens (including phenoxy) is 2. The molecule has 0 N–H and O–H groups in total. The molecule has 1 saturated heterocycles. The summed E-state index contributed by atoms with van der Waals surface area (Å²) in [4.78, 5) is 15.5. The summed E-state index contributed by atoms with van der Waals surface area (Å²) in [5.41, 5.74) is 1.77. The summed E-state index contributed by atoms with van der Waals surface area (Å²) >= 11 is 0. The molecule has 164 valence electrons. The van der Waals surface area contributed by atoms with Gasteiger partial charge in [-0.1, -0.05) is 24.6 Å². The zero-order chi connectivity index (χ0) is 21.8. The van der Waals surface area contributed by atoms with Crippen molar-refractivity contribution in [1.29, 1.82) is 0 Å². The molecule has 1 amide bonds. The molecule has 6 nitrogen and oxygen atoms in total. The number of carbonyl (C=O) groups is 1. The molecule has 0 saturated carbocycles. The van der Waals surface area contributed by atoms with E-state index in [-0.39, 0.29) is 11.7 Å². The zero-order valence-corrected chi connectivity index (χ0v) is 18.0. The minimum absolute atomic E-state index is 0.0943. The minimum Gasteiger partial charge on any atom is -0.497 e. The molecule has 1 atom stereocenters. The Morgan fingerprint density at radius 2 is 1.87 bits per heavy atom. The van der Waals surface area contributed by atoms with Gasteiger partial charge in [0.05, 0.1) is 32.5 Å². The Bertz CT molecular complexity index is 972. The molecule has 2 aromatic carbocycles. The van der Waals surface area contributed by atoms with E-state index in [9.17, 15) is 9.18 Å². The lowest BCUT2D eigenvalue weighted by Gasteiger charge is -2.29. The third-order valence-electron chi connectivity index (χ3n) is 5.95. The standard InChI is InChI=1S/C24H28FN3O3/c1-30-17-10-11-23(31-2)19(14-17)22-15-21(18-8-4-5-9-20(18)25)26-28(22)24(29)16-27-12-6-3-7-13-27/h4-5,8-11,14,22H,3,6-7,12-13,15-16H2,1-2H3/t22-/m0/s1. The maximum atomic E-state index is 14.5. The van der Waals surface area contributed by atoms with Crippen LogP contribution in [0.1, 0.15) is 42.9 Å². The first-order valence-electron chi connectivity index (χ1n) is 10.7. The van der Waals surface area contributed by atoms with E-state index in [1.165, 1.54) is 17.5 Å². The van der Waals surface area contributed by atoms with Crippen LogP contribution in [0.2, 0.25) is 0 Å². The number of piperidine rings is 1. The Balaban J connectivity index is 1.69. The molecule has 0 aliphatic carbocycles. The van der Waals surface area contributed by atoms with Crippen LogP contribution < -0.4 is 9.47 Å². The van der Waals surface area contributed by atoms with Crippen LogP contribution in [0.4, 0.5) is 4.39 Å². The van der Waals surface area contributed by atoms with Crippen molar-refractivity contribution < 1.29 is 18.7 Å². The highest BCUT2D eigenvalue weighted by Gasteiger charge is 2.36. The molecule has 0 bridgehead atoms. The maximum absolute atomic E-state index is 14.5. The van der Waals surface area contributed by atoms with E-state index in [0.29, 0.717) is 35.7 Å². The highest BCUT2D eigenvalue weighted by Crippen LogP contribution is 2.39.